The molecule has 1 aliphatic rings. The van der Waals surface area contributed by atoms with Gasteiger partial charge in [-0.1, -0.05) is 24.3 Å². The summed E-state index contributed by atoms with van der Waals surface area (Å²) in [5.74, 6) is -0.802. The van der Waals surface area contributed by atoms with Crippen LogP contribution in [-0.4, -0.2) is 43.5 Å². The maximum Gasteiger partial charge on any atom is 0.309 e. The number of hydrogen-bond acceptors (Lipinski definition) is 6. The number of aliphatic hydroxyl groups is 1. The van der Waals surface area contributed by atoms with Gasteiger partial charge >= 0.3 is 5.97 Å². The second-order valence-corrected chi connectivity index (χ2v) is 7.39. The minimum absolute atomic E-state index is 0.0461. The van der Waals surface area contributed by atoms with Gasteiger partial charge in [0.2, 0.25) is 0 Å². The van der Waals surface area contributed by atoms with Crippen molar-refractivity contribution in [3.8, 4) is 0 Å². The van der Waals surface area contributed by atoms with Crippen molar-refractivity contribution in [3.05, 3.63) is 89.3 Å². The van der Waals surface area contributed by atoms with Gasteiger partial charge in [-0.3, -0.25) is 4.79 Å². The lowest BCUT2D eigenvalue weighted by Gasteiger charge is -2.23. The standard InChI is InChI=1S/C23H20F2N4O3/c1-14-26-27-28-29(14)21(11-10-20-12-19(30)13-22(31)32-20)23(15-2-6-17(24)7-3-15)16-4-8-18(25)9-5-16/h2-11,19-20,30H,12-13H2,1H3/t19-,20-/m1/s1. The maximum absolute atomic E-state index is 13.6. The molecule has 0 radical (unpaired) electrons. The van der Waals surface area contributed by atoms with Crippen LogP contribution >= 0.6 is 0 Å². The largest absolute Gasteiger partial charge is 0.458 e. The zero-order valence-electron chi connectivity index (χ0n) is 17.2. The van der Waals surface area contributed by atoms with Crippen LogP contribution in [0.3, 0.4) is 0 Å². The highest BCUT2D eigenvalue weighted by Crippen LogP contribution is 2.31. The van der Waals surface area contributed by atoms with Crippen molar-refractivity contribution in [2.75, 3.05) is 0 Å². The Labute approximate surface area is 182 Å². The van der Waals surface area contributed by atoms with Gasteiger partial charge in [0.25, 0.3) is 0 Å². The van der Waals surface area contributed by atoms with E-state index in [0.717, 1.165) is 0 Å². The predicted molar refractivity (Wildman–Crippen MR) is 112 cm³/mol. The van der Waals surface area contributed by atoms with E-state index in [1.54, 1.807) is 43.3 Å². The summed E-state index contributed by atoms with van der Waals surface area (Å²) in [6.07, 6.45) is 2.11. The number of ether oxygens (including phenoxy) is 1. The highest BCUT2D eigenvalue weighted by molar-refractivity contribution is 5.96. The van der Waals surface area contributed by atoms with E-state index >= 15 is 0 Å². The van der Waals surface area contributed by atoms with Crippen LogP contribution in [0.1, 0.15) is 29.8 Å². The topological polar surface area (TPSA) is 90.1 Å². The fourth-order valence-electron chi connectivity index (χ4n) is 3.53. The van der Waals surface area contributed by atoms with Crippen LogP contribution in [0.4, 0.5) is 8.78 Å². The predicted octanol–water partition coefficient (Wildman–Crippen LogP) is 3.30. The molecule has 1 aliphatic heterocycles. The molecule has 32 heavy (non-hydrogen) atoms. The first kappa shape index (κ1) is 21.5. The summed E-state index contributed by atoms with van der Waals surface area (Å²) in [6.45, 7) is 1.71. The summed E-state index contributed by atoms with van der Waals surface area (Å²) in [6, 6.07) is 11.7. The monoisotopic (exact) mass is 438 g/mol. The van der Waals surface area contributed by atoms with Gasteiger partial charge in [-0.2, -0.15) is 4.68 Å². The molecule has 1 fully saturated rings. The van der Waals surface area contributed by atoms with Gasteiger partial charge in [-0.05, 0) is 64.9 Å². The highest BCUT2D eigenvalue weighted by atomic mass is 19.1. The molecular weight excluding hydrogens is 418 g/mol. The SMILES string of the molecule is Cc1nnnn1C(C=C[C@@H]1C[C@@H](O)CC(=O)O1)=C(c1ccc(F)cc1)c1ccc(F)cc1. The zero-order chi connectivity index (χ0) is 22.7. The molecule has 0 saturated carbocycles. The summed E-state index contributed by atoms with van der Waals surface area (Å²) in [7, 11) is 0. The number of hydrogen-bond donors (Lipinski definition) is 1. The van der Waals surface area contributed by atoms with E-state index in [1.807, 2.05) is 0 Å². The lowest BCUT2D eigenvalue weighted by atomic mass is 9.95. The van der Waals surface area contributed by atoms with Crippen LogP contribution in [0.15, 0.2) is 60.7 Å². The van der Waals surface area contributed by atoms with E-state index in [0.29, 0.717) is 28.2 Å². The van der Waals surface area contributed by atoms with Crippen LogP contribution in [0.25, 0.3) is 11.3 Å². The molecule has 0 unspecified atom stereocenters. The second kappa shape index (κ2) is 9.19. The number of cyclic esters (lactones) is 1. The minimum atomic E-state index is -0.790. The van der Waals surface area contributed by atoms with Gasteiger partial charge in [0.1, 0.15) is 17.7 Å². The van der Waals surface area contributed by atoms with Crippen molar-refractivity contribution in [2.45, 2.75) is 32.0 Å². The molecule has 2 atom stereocenters. The Morgan fingerprint density at radius 1 is 1.09 bits per heavy atom. The number of nitrogens with zero attached hydrogens (tertiary/aromatic N) is 4. The van der Waals surface area contributed by atoms with Crippen molar-refractivity contribution in [3.63, 3.8) is 0 Å². The first-order valence-corrected chi connectivity index (χ1v) is 9.98. The average molecular weight is 438 g/mol. The normalized spacial score (nSPS) is 18.6. The molecule has 4 rings (SSSR count). The molecule has 1 saturated heterocycles. The van der Waals surface area contributed by atoms with Gasteiger partial charge < -0.3 is 9.84 Å². The van der Waals surface area contributed by atoms with E-state index in [1.165, 1.54) is 28.9 Å². The summed E-state index contributed by atoms with van der Waals surface area (Å²) in [5.41, 5.74) is 2.41. The molecule has 2 heterocycles. The van der Waals surface area contributed by atoms with Gasteiger partial charge in [0.05, 0.1) is 18.2 Å². The number of aliphatic hydroxyl groups excluding tert-OH is 1. The third-order valence-corrected chi connectivity index (χ3v) is 5.03. The van der Waals surface area contributed by atoms with E-state index in [-0.39, 0.29) is 12.8 Å². The number of halogens is 2. The molecule has 0 spiro atoms. The summed E-state index contributed by atoms with van der Waals surface area (Å²) in [4.78, 5) is 11.7. The molecule has 7 nitrogen and oxygen atoms in total. The Morgan fingerprint density at radius 3 is 2.19 bits per heavy atom. The fraction of sp³-hybridized carbons (Fsp3) is 0.217. The number of aryl methyl sites for hydroxylation is 1. The van der Waals surface area contributed by atoms with Gasteiger partial charge in [0.15, 0.2) is 5.82 Å². The maximum atomic E-state index is 13.6. The molecule has 0 bridgehead atoms. The minimum Gasteiger partial charge on any atom is -0.458 e. The Balaban J connectivity index is 1.90. The van der Waals surface area contributed by atoms with E-state index in [2.05, 4.69) is 15.5 Å². The van der Waals surface area contributed by atoms with E-state index in [4.69, 9.17) is 4.74 Å². The number of carbonyl (C=O) groups is 1. The zero-order valence-corrected chi connectivity index (χ0v) is 17.2. The van der Waals surface area contributed by atoms with Crippen molar-refractivity contribution in [1.29, 1.82) is 0 Å². The number of benzene rings is 2. The number of carbonyl (C=O) groups excluding carboxylic acids is 1. The molecule has 9 heteroatoms. The Kier molecular flexibility index (Phi) is 6.18. The molecule has 2 aromatic carbocycles. The van der Waals surface area contributed by atoms with Gasteiger partial charge in [0, 0.05) is 12.0 Å². The van der Waals surface area contributed by atoms with Crippen molar-refractivity contribution >= 4 is 17.2 Å². The Hall–Kier alpha value is -3.72. The fourth-order valence-corrected chi connectivity index (χ4v) is 3.53. The third kappa shape index (κ3) is 4.78. The van der Waals surface area contributed by atoms with Crippen molar-refractivity contribution < 1.29 is 23.4 Å². The van der Waals surface area contributed by atoms with Crippen LogP contribution in [0.5, 0.6) is 0 Å². The van der Waals surface area contributed by atoms with E-state index < -0.39 is 29.8 Å². The van der Waals surface area contributed by atoms with Crippen LogP contribution in [0, 0.1) is 18.6 Å². The number of aromatic nitrogens is 4. The summed E-state index contributed by atoms with van der Waals surface area (Å²) in [5, 5.41) is 21.6. The molecule has 1 N–H and O–H groups in total. The molecule has 0 aliphatic carbocycles. The Morgan fingerprint density at radius 2 is 1.69 bits per heavy atom. The smallest absolute Gasteiger partial charge is 0.309 e. The van der Waals surface area contributed by atoms with Crippen LogP contribution in [-0.2, 0) is 9.53 Å². The van der Waals surface area contributed by atoms with Gasteiger partial charge in [-0.25, -0.2) is 8.78 Å². The Bertz CT molecular complexity index is 1120. The van der Waals surface area contributed by atoms with Crippen LogP contribution < -0.4 is 0 Å². The molecule has 0 amide bonds. The quantitative estimate of drug-likeness (QED) is 0.486. The third-order valence-electron chi connectivity index (χ3n) is 5.03. The highest BCUT2D eigenvalue weighted by Gasteiger charge is 2.26. The molecule has 3 aromatic rings. The summed E-state index contributed by atoms with van der Waals surface area (Å²) < 4.78 is 34.0. The van der Waals surface area contributed by atoms with Crippen LogP contribution in [0.2, 0.25) is 0 Å². The lowest BCUT2D eigenvalue weighted by molar-refractivity contribution is -0.156. The number of allylic oxidation sites excluding steroid dienone is 2. The average Bonchev–Trinajstić information content (AvgIpc) is 3.18. The van der Waals surface area contributed by atoms with E-state index in [9.17, 15) is 18.7 Å². The number of rotatable bonds is 5. The molecular formula is C23H20F2N4O3. The van der Waals surface area contributed by atoms with Crippen molar-refractivity contribution in [2.24, 2.45) is 0 Å². The summed E-state index contributed by atoms with van der Waals surface area (Å²) >= 11 is 0. The molecule has 1 aromatic heterocycles. The second-order valence-electron chi connectivity index (χ2n) is 7.39. The lowest BCUT2D eigenvalue weighted by Crippen LogP contribution is -2.31. The first-order chi connectivity index (χ1) is 15.4. The first-order valence-electron chi connectivity index (χ1n) is 9.98. The number of tetrazole rings is 1. The molecule has 164 valence electrons. The number of esters is 1. The van der Waals surface area contributed by atoms with Gasteiger partial charge in [-0.15, -0.1) is 5.10 Å². The van der Waals surface area contributed by atoms with Crippen molar-refractivity contribution in [1.82, 2.24) is 20.2 Å².